The SMILES string of the molecule is CC=C1CCc2cc(N)ccc21. The topological polar surface area (TPSA) is 26.0 Å². The van der Waals surface area contributed by atoms with Crippen molar-refractivity contribution in [1.82, 2.24) is 0 Å². The molecule has 0 radical (unpaired) electrons. The van der Waals surface area contributed by atoms with Crippen LogP contribution < -0.4 is 5.73 Å². The van der Waals surface area contributed by atoms with Crippen LogP contribution >= 0.6 is 0 Å². The Kier molecular flexibility index (Phi) is 1.65. The molecule has 0 aliphatic heterocycles. The number of fused-ring (bicyclic) bond motifs is 1. The van der Waals surface area contributed by atoms with Crippen LogP contribution in [0, 0.1) is 0 Å². The second-order valence-corrected chi connectivity index (χ2v) is 3.23. The van der Waals surface area contributed by atoms with Gasteiger partial charge in [-0.1, -0.05) is 12.1 Å². The number of allylic oxidation sites excluding steroid dienone is 2. The van der Waals surface area contributed by atoms with E-state index in [0.717, 1.165) is 12.1 Å². The molecule has 1 aromatic rings. The quantitative estimate of drug-likeness (QED) is 0.578. The molecule has 62 valence electrons. The second-order valence-electron chi connectivity index (χ2n) is 3.23. The van der Waals surface area contributed by atoms with E-state index < -0.39 is 0 Å². The van der Waals surface area contributed by atoms with Gasteiger partial charge in [0.15, 0.2) is 0 Å². The Morgan fingerprint density at radius 1 is 1.33 bits per heavy atom. The van der Waals surface area contributed by atoms with E-state index >= 15 is 0 Å². The molecule has 1 aliphatic carbocycles. The smallest absolute Gasteiger partial charge is 0.0317 e. The summed E-state index contributed by atoms with van der Waals surface area (Å²) in [4.78, 5) is 0. The average Bonchev–Trinajstić information content (AvgIpc) is 2.46. The maximum Gasteiger partial charge on any atom is 0.0317 e. The van der Waals surface area contributed by atoms with Gasteiger partial charge < -0.3 is 5.73 Å². The molecule has 1 aromatic carbocycles. The fourth-order valence-corrected chi connectivity index (χ4v) is 1.84. The van der Waals surface area contributed by atoms with E-state index in [4.69, 9.17) is 5.73 Å². The minimum Gasteiger partial charge on any atom is -0.399 e. The minimum atomic E-state index is 0.881. The Balaban J connectivity index is 2.55. The van der Waals surface area contributed by atoms with Crippen LogP contribution in [-0.4, -0.2) is 0 Å². The summed E-state index contributed by atoms with van der Waals surface area (Å²) in [5.41, 5.74) is 10.8. The Morgan fingerprint density at radius 2 is 2.17 bits per heavy atom. The van der Waals surface area contributed by atoms with Gasteiger partial charge in [0.25, 0.3) is 0 Å². The van der Waals surface area contributed by atoms with Crippen LogP contribution in [-0.2, 0) is 6.42 Å². The lowest BCUT2D eigenvalue weighted by Gasteiger charge is -2.00. The van der Waals surface area contributed by atoms with Gasteiger partial charge in [-0.05, 0) is 48.6 Å². The molecule has 1 nitrogen and oxygen atoms in total. The molecule has 0 atom stereocenters. The lowest BCUT2D eigenvalue weighted by atomic mass is 10.1. The molecule has 0 saturated carbocycles. The first kappa shape index (κ1) is 7.41. The molecular formula is C11H13N. The highest BCUT2D eigenvalue weighted by Gasteiger charge is 2.14. The predicted molar refractivity (Wildman–Crippen MR) is 52.8 cm³/mol. The zero-order valence-electron chi connectivity index (χ0n) is 7.30. The molecule has 12 heavy (non-hydrogen) atoms. The van der Waals surface area contributed by atoms with E-state index in [2.05, 4.69) is 25.1 Å². The number of anilines is 1. The summed E-state index contributed by atoms with van der Waals surface area (Å²) < 4.78 is 0. The zero-order chi connectivity index (χ0) is 8.55. The molecule has 2 rings (SSSR count). The molecule has 1 heteroatoms. The van der Waals surface area contributed by atoms with Crippen LogP contribution in [0.5, 0.6) is 0 Å². The lowest BCUT2D eigenvalue weighted by Crippen LogP contribution is -1.87. The maximum absolute atomic E-state index is 5.70. The van der Waals surface area contributed by atoms with Gasteiger partial charge in [-0.15, -0.1) is 0 Å². The van der Waals surface area contributed by atoms with Crippen molar-refractivity contribution >= 4 is 11.3 Å². The van der Waals surface area contributed by atoms with Crippen molar-refractivity contribution in [2.24, 2.45) is 0 Å². The van der Waals surface area contributed by atoms with Gasteiger partial charge in [0.2, 0.25) is 0 Å². The fraction of sp³-hybridized carbons (Fsp3) is 0.273. The van der Waals surface area contributed by atoms with Gasteiger partial charge in [0, 0.05) is 5.69 Å². The van der Waals surface area contributed by atoms with Crippen molar-refractivity contribution < 1.29 is 0 Å². The van der Waals surface area contributed by atoms with Gasteiger partial charge >= 0.3 is 0 Å². The van der Waals surface area contributed by atoms with Crippen LogP contribution in [0.3, 0.4) is 0 Å². The van der Waals surface area contributed by atoms with Gasteiger partial charge in [-0.25, -0.2) is 0 Å². The van der Waals surface area contributed by atoms with Gasteiger partial charge in [0.1, 0.15) is 0 Å². The van der Waals surface area contributed by atoms with Crippen LogP contribution in [0.2, 0.25) is 0 Å². The van der Waals surface area contributed by atoms with Crippen molar-refractivity contribution in [2.75, 3.05) is 5.73 Å². The first-order chi connectivity index (χ1) is 5.81. The van der Waals surface area contributed by atoms with Crippen molar-refractivity contribution in [3.63, 3.8) is 0 Å². The van der Waals surface area contributed by atoms with E-state index in [9.17, 15) is 0 Å². The van der Waals surface area contributed by atoms with E-state index in [-0.39, 0.29) is 0 Å². The summed E-state index contributed by atoms with van der Waals surface area (Å²) in [6.45, 7) is 2.10. The van der Waals surface area contributed by atoms with Crippen LogP contribution in [0.1, 0.15) is 24.5 Å². The monoisotopic (exact) mass is 159 g/mol. The number of hydrogen-bond donors (Lipinski definition) is 1. The zero-order valence-corrected chi connectivity index (χ0v) is 7.30. The van der Waals surface area contributed by atoms with E-state index in [1.165, 1.54) is 23.1 Å². The predicted octanol–water partition coefficient (Wildman–Crippen LogP) is 2.62. The molecule has 1 aliphatic rings. The summed E-state index contributed by atoms with van der Waals surface area (Å²) in [5, 5.41) is 0. The Morgan fingerprint density at radius 3 is 2.92 bits per heavy atom. The van der Waals surface area contributed by atoms with Gasteiger partial charge in [-0.3, -0.25) is 0 Å². The summed E-state index contributed by atoms with van der Waals surface area (Å²) in [6, 6.07) is 6.20. The highest BCUT2D eigenvalue weighted by atomic mass is 14.5. The maximum atomic E-state index is 5.70. The van der Waals surface area contributed by atoms with Crippen LogP contribution in [0.15, 0.2) is 24.3 Å². The minimum absolute atomic E-state index is 0.881. The van der Waals surface area contributed by atoms with Gasteiger partial charge in [-0.2, -0.15) is 0 Å². The largest absolute Gasteiger partial charge is 0.399 e. The summed E-state index contributed by atoms with van der Waals surface area (Å²) in [5.74, 6) is 0. The first-order valence-electron chi connectivity index (χ1n) is 4.35. The van der Waals surface area contributed by atoms with E-state index in [0.29, 0.717) is 0 Å². The summed E-state index contributed by atoms with van der Waals surface area (Å²) in [6.07, 6.45) is 4.53. The third kappa shape index (κ3) is 1.02. The molecule has 0 saturated heterocycles. The fourth-order valence-electron chi connectivity index (χ4n) is 1.84. The van der Waals surface area contributed by atoms with Crippen LogP contribution in [0.4, 0.5) is 5.69 Å². The number of nitrogens with two attached hydrogens (primary N) is 1. The van der Waals surface area contributed by atoms with E-state index in [1.807, 2.05) is 6.07 Å². The summed E-state index contributed by atoms with van der Waals surface area (Å²) >= 11 is 0. The molecule has 0 bridgehead atoms. The Bertz CT molecular complexity index is 337. The normalized spacial score (nSPS) is 18.2. The molecule has 0 fully saturated rings. The first-order valence-corrected chi connectivity index (χ1v) is 4.35. The molecule has 0 heterocycles. The van der Waals surface area contributed by atoms with E-state index in [1.54, 1.807) is 0 Å². The third-order valence-electron chi connectivity index (χ3n) is 2.49. The number of rotatable bonds is 0. The number of nitrogen functional groups attached to an aromatic ring is 1. The van der Waals surface area contributed by atoms with Crippen molar-refractivity contribution in [3.8, 4) is 0 Å². The van der Waals surface area contributed by atoms with Gasteiger partial charge in [0.05, 0.1) is 0 Å². The molecule has 2 N–H and O–H groups in total. The van der Waals surface area contributed by atoms with Crippen molar-refractivity contribution in [3.05, 3.63) is 35.4 Å². The molecule has 0 spiro atoms. The standard InChI is InChI=1S/C11H13N/c1-2-8-3-4-9-7-10(12)5-6-11(8)9/h2,5-7H,3-4,12H2,1H3. The number of aryl methyl sites for hydroxylation is 1. The molecular weight excluding hydrogens is 146 g/mol. The number of benzene rings is 1. The second kappa shape index (κ2) is 2.67. The Labute approximate surface area is 72.9 Å². The number of hydrogen-bond acceptors (Lipinski definition) is 1. The van der Waals surface area contributed by atoms with Crippen molar-refractivity contribution in [1.29, 1.82) is 0 Å². The summed E-state index contributed by atoms with van der Waals surface area (Å²) in [7, 11) is 0. The highest BCUT2D eigenvalue weighted by Crippen LogP contribution is 2.32. The Hall–Kier alpha value is -1.24. The molecule has 0 amide bonds. The highest BCUT2D eigenvalue weighted by molar-refractivity contribution is 5.73. The third-order valence-corrected chi connectivity index (χ3v) is 2.49. The molecule has 0 unspecified atom stereocenters. The van der Waals surface area contributed by atoms with Crippen LogP contribution in [0.25, 0.3) is 5.57 Å². The molecule has 0 aromatic heterocycles. The lowest BCUT2D eigenvalue weighted by molar-refractivity contribution is 1.08. The van der Waals surface area contributed by atoms with Crippen molar-refractivity contribution in [2.45, 2.75) is 19.8 Å². The average molecular weight is 159 g/mol.